The van der Waals surface area contributed by atoms with Gasteiger partial charge in [-0.3, -0.25) is 9.59 Å². The Kier molecular flexibility index (Phi) is 4.38. The molecule has 2 aromatic carbocycles. The number of ketones is 2. The van der Waals surface area contributed by atoms with E-state index in [1.165, 1.54) is 31.4 Å². The number of ether oxygens (including phenoxy) is 2. The first-order valence-electron chi connectivity index (χ1n) is 10.3. The van der Waals surface area contributed by atoms with Crippen molar-refractivity contribution in [3.63, 3.8) is 0 Å². The molecule has 0 aromatic heterocycles. The average Bonchev–Trinajstić information content (AvgIpc) is 3.20. The van der Waals surface area contributed by atoms with Crippen molar-refractivity contribution >= 4 is 11.6 Å². The van der Waals surface area contributed by atoms with E-state index in [2.05, 4.69) is 18.2 Å². The summed E-state index contributed by atoms with van der Waals surface area (Å²) in [5, 5.41) is 0. The average molecular weight is 400 g/mol. The lowest BCUT2D eigenvalue weighted by atomic mass is 9.51. The predicted octanol–water partition coefficient (Wildman–Crippen LogP) is 4.13. The summed E-state index contributed by atoms with van der Waals surface area (Å²) < 4.78 is 11.5. The van der Waals surface area contributed by atoms with Crippen molar-refractivity contribution in [2.75, 3.05) is 14.2 Å². The summed E-state index contributed by atoms with van der Waals surface area (Å²) in [7, 11) is 3.05. The van der Waals surface area contributed by atoms with Gasteiger partial charge in [0.15, 0.2) is 5.78 Å². The second-order valence-electron chi connectivity index (χ2n) is 8.33. The molecule has 152 valence electrons. The van der Waals surface area contributed by atoms with Crippen LogP contribution in [0.25, 0.3) is 0 Å². The van der Waals surface area contributed by atoms with E-state index < -0.39 is 11.2 Å². The summed E-state index contributed by atoms with van der Waals surface area (Å²) in [5.41, 5.74) is 2.05. The zero-order valence-corrected chi connectivity index (χ0v) is 17.1. The Morgan fingerprint density at radius 3 is 2.47 bits per heavy atom. The summed E-state index contributed by atoms with van der Waals surface area (Å²) in [6, 6.07) is 17.4. The van der Waals surface area contributed by atoms with Crippen LogP contribution in [0.3, 0.4) is 0 Å². The van der Waals surface area contributed by atoms with E-state index in [9.17, 15) is 9.59 Å². The van der Waals surface area contributed by atoms with Gasteiger partial charge in [0.1, 0.15) is 0 Å². The van der Waals surface area contributed by atoms with E-state index in [1.54, 1.807) is 18.2 Å². The molecule has 0 heterocycles. The topological polar surface area (TPSA) is 52.6 Å². The van der Waals surface area contributed by atoms with Crippen molar-refractivity contribution in [3.05, 3.63) is 95.6 Å². The van der Waals surface area contributed by atoms with E-state index in [0.29, 0.717) is 5.56 Å². The molecule has 0 saturated heterocycles. The highest BCUT2D eigenvalue weighted by molar-refractivity contribution is 6.06. The molecule has 1 saturated carbocycles. The molecule has 0 N–H and O–H groups in total. The Labute approximate surface area is 176 Å². The number of Topliss-reactive ketones (excluding diaryl/α,β-unsaturated/α-hetero) is 1. The molecular weight excluding hydrogens is 376 g/mol. The molecule has 4 unspecified atom stereocenters. The minimum atomic E-state index is -1.34. The lowest BCUT2D eigenvalue weighted by Crippen LogP contribution is -2.65. The van der Waals surface area contributed by atoms with Crippen LogP contribution >= 0.6 is 0 Å². The summed E-state index contributed by atoms with van der Waals surface area (Å²) >= 11 is 0. The van der Waals surface area contributed by atoms with E-state index in [4.69, 9.17) is 9.47 Å². The molecule has 0 spiro atoms. The number of carbonyl (C=O) groups is 2. The van der Waals surface area contributed by atoms with Gasteiger partial charge in [-0.1, -0.05) is 72.8 Å². The van der Waals surface area contributed by atoms with Crippen LogP contribution < -0.4 is 0 Å². The van der Waals surface area contributed by atoms with Crippen molar-refractivity contribution in [2.24, 2.45) is 17.3 Å². The summed E-state index contributed by atoms with van der Waals surface area (Å²) in [5.74, 6) is -1.63. The molecule has 0 radical (unpaired) electrons. The molecular formula is C26H24O4. The third-order valence-corrected chi connectivity index (χ3v) is 7.15. The van der Waals surface area contributed by atoms with Gasteiger partial charge in [-0.05, 0) is 29.5 Å². The smallest absolute Gasteiger partial charge is 0.236 e. The van der Waals surface area contributed by atoms with Crippen LogP contribution in [-0.4, -0.2) is 31.6 Å². The van der Waals surface area contributed by atoms with Gasteiger partial charge in [0.05, 0.1) is 5.41 Å². The number of benzene rings is 2. The van der Waals surface area contributed by atoms with Gasteiger partial charge in [-0.2, -0.15) is 0 Å². The largest absolute Gasteiger partial charge is 0.346 e. The van der Waals surface area contributed by atoms with Crippen LogP contribution in [0.2, 0.25) is 0 Å². The number of hydrogen-bond donors (Lipinski definition) is 0. The fourth-order valence-electron chi connectivity index (χ4n) is 5.85. The molecule has 0 aliphatic heterocycles. The third kappa shape index (κ3) is 2.41. The molecule has 4 atom stereocenters. The number of methoxy groups -OCH3 is 2. The Morgan fingerprint density at radius 2 is 1.73 bits per heavy atom. The molecule has 0 amide bonds. The first kappa shape index (κ1) is 19.2. The van der Waals surface area contributed by atoms with Gasteiger partial charge in [-0.25, -0.2) is 0 Å². The van der Waals surface area contributed by atoms with Crippen LogP contribution in [0, 0.1) is 17.3 Å². The monoisotopic (exact) mass is 400 g/mol. The summed E-state index contributed by atoms with van der Waals surface area (Å²) in [6.07, 6.45) is 8.20. The number of fused-ring (bicyclic) bond motifs is 2. The number of allylic oxidation sites excluding steroid dienone is 3. The fourth-order valence-corrected chi connectivity index (χ4v) is 5.85. The number of hydrogen-bond acceptors (Lipinski definition) is 4. The van der Waals surface area contributed by atoms with Crippen LogP contribution in [0.5, 0.6) is 0 Å². The second kappa shape index (κ2) is 6.86. The number of carbonyl (C=O) groups excluding carboxylic acids is 2. The minimum absolute atomic E-state index is 0.0329. The highest BCUT2D eigenvalue weighted by Gasteiger charge is 2.69. The molecule has 2 aromatic rings. The molecule has 6 rings (SSSR count). The van der Waals surface area contributed by atoms with Crippen molar-refractivity contribution < 1.29 is 19.1 Å². The summed E-state index contributed by atoms with van der Waals surface area (Å²) in [4.78, 5) is 26.7. The molecule has 30 heavy (non-hydrogen) atoms. The van der Waals surface area contributed by atoms with E-state index >= 15 is 0 Å². The van der Waals surface area contributed by atoms with Gasteiger partial charge in [-0.15, -0.1) is 0 Å². The van der Waals surface area contributed by atoms with Gasteiger partial charge in [0.25, 0.3) is 0 Å². The van der Waals surface area contributed by atoms with E-state index in [-0.39, 0.29) is 29.3 Å². The maximum Gasteiger partial charge on any atom is 0.236 e. The third-order valence-electron chi connectivity index (χ3n) is 7.15. The molecule has 4 heteroatoms. The van der Waals surface area contributed by atoms with Gasteiger partial charge < -0.3 is 9.47 Å². The highest BCUT2D eigenvalue weighted by atomic mass is 16.7. The SMILES string of the molecule is COC1(OC)C(=O)C2(/C=C/C(=O)c3ccccc3)C=CC1C1Cc3ccccc3C12. The Balaban J connectivity index is 1.65. The first-order chi connectivity index (χ1) is 14.6. The maximum absolute atomic E-state index is 13.9. The van der Waals surface area contributed by atoms with Gasteiger partial charge >= 0.3 is 0 Å². The van der Waals surface area contributed by atoms with Crippen molar-refractivity contribution in [3.8, 4) is 0 Å². The van der Waals surface area contributed by atoms with Crippen LogP contribution in [0.4, 0.5) is 0 Å². The molecule has 2 bridgehead atoms. The highest BCUT2D eigenvalue weighted by Crippen LogP contribution is 2.64. The second-order valence-corrected chi connectivity index (χ2v) is 8.33. The van der Waals surface area contributed by atoms with E-state index in [0.717, 1.165) is 6.42 Å². The quantitative estimate of drug-likeness (QED) is 0.328. The van der Waals surface area contributed by atoms with E-state index in [1.807, 2.05) is 36.4 Å². The lowest BCUT2D eigenvalue weighted by molar-refractivity contribution is -0.249. The minimum Gasteiger partial charge on any atom is -0.346 e. The number of rotatable bonds is 5. The van der Waals surface area contributed by atoms with Crippen LogP contribution in [-0.2, 0) is 20.7 Å². The van der Waals surface area contributed by atoms with Crippen LogP contribution in [0.1, 0.15) is 27.4 Å². The summed E-state index contributed by atoms with van der Waals surface area (Å²) in [6.45, 7) is 0. The predicted molar refractivity (Wildman–Crippen MR) is 113 cm³/mol. The lowest BCUT2D eigenvalue weighted by Gasteiger charge is -2.56. The van der Waals surface area contributed by atoms with Crippen molar-refractivity contribution in [2.45, 2.75) is 18.1 Å². The molecule has 1 fully saturated rings. The van der Waals surface area contributed by atoms with Gasteiger partial charge in [0, 0.05) is 31.6 Å². The fraction of sp³-hybridized carbons (Fsp3) is 0.308. The first-order valence-corrected chi connectivity index (χ1v) is 10.3. The standard InChI is InChI=1S/C26H24O4/c1-29-26(30-2)21-12-14-25(24(26)28,15-13-22(27)17-8-4-3-5-9-17)23-19-11-7-6-10-18(19)16-20(21)23/h3-15,20-21,23H,16H2,1-2H3/b15-13+. The maximum atomic E-state index is 13.9. The Hall–Kier alpha value is -2.82. The Bertz CT molecular complexity index is 1060. The molecule has 4 aliphatic carbocycles. The zero-order chi connectivity index (χ0) is 20.9. The van der Waals surface area contributed by atoms with Crippen molar-refractivity contribution in [1.82, 2.24) is 0 Å². The Morgan fingerprint density at radius 1 is 1.03 bits per heavy atom. The molecule has 4 aliphatic rings. The van der Waals surface area contributed by atoms with Crippen molar-refractivity contribution in [1.29, 1.82) is 0 Å². The zero-order valence-electron chi connectivity index (χ0n) is 17.1. The van der Waals surface area contributed by atoms with Gasteiger partial charge in [0.2, 0.25) is 11.6 Å². The normalized spacial score (nSPS) is 30.5. The molecule has 4 nitrogen and oxygen atoms in total. The van der Waals surface area contributed by atoms with Crippen LogP contribution in [0.15, 0.2) is 78.9 Å².